The van der Waals surface area contributed by atoms with E-state index in [1.54, 1.807) is 6.92 Å². The van der Waals surface area contributed by atoms with E-state index in [1.807, 2.05) is 31.2 Å². The molecule has 1 heterocycles. The van der Waals surface area contributed by atoms with Gasteiger partial charge in [0.15, 0.2) is 0 Å². The Morgan fingerprint density at radius 2 is 2.28 bits per heavy atom. The Balaban J connectivity index is 2.37. The van der Waals surface area contributed by atoms with Crippen LogP contribution in [0.25, 0.3) is 11.5 Å². The Morgan fingerprint density at radius 3 is 2.94 bits per heavy atom. The van der Waals surface area contributed by atoms with Gasteiger partial charge in [-0.25, -0.2) is 4.79 Å². The van der Waals surface area contributed by atoms with Gasteiger partial charge in [-0.15, -0.1) is 0 Å². The highest BCUT2D eigenvalue weighted by molar-refractivity contribution is 5.92. The number of oxazole rings is 1. The summed E-state index contributed by atoms with van der Waals surface area (Å²) in [5.41, 5.74) is 7.49. The number of rotatable bonds is 3. The van der Waals surface area contributed by atoms with Gasteiger partial charge in [-0.1, -0.05) is 17.7 Å². The van der Waals surface area contributed by atoms with Crippen molar-refractivity contribution in [2.45, 2.75) is 13.8 Å². The number of esters is 1. The van der Waals surface area contributed by atoms with Crippen LogP contribution in [0.3, 0.4) is 0 Å². The van der Waals surface area contributed by atoms with Crippen LogP contribution in [-0.4, -0.2) is 17.6 Å². The van der Waals surface area contributed by atoms with Gasteiger partial charge in [-0.05, 0) is 26.0 Å². The standard InChI is InChI=1S/C13H14N2O3/c1-3-17-13(16)10-11(14)18-12(15-10)9-6-4-5-8(2)7-9/h4-7H,3,14H2,1-2H3. The third-order valence-electron chi connectivity index (χ3n) is 2.39. The number of nitrogen functional groups attached to an aromatic ring is 1. The van der Waals surface area contributed by atoms with Gasteiger partial charge in [0, 0.05) is 5.56 Å². The second-order valence-corrected chi connectivity index (χ2v) is 3.82. The molecule has 0 bridgehead atoms. The topological polar surface area (TPSA) is 78.3 Å². The van der Waals surface area contributed by atoms with Gasteiger partial charge in [-0.3, -0.25) is 0 Å². The fourth-order valence-corrected chi connectivity index (χ4v) is 1.58. The van der Waals surface area contributed by atoms with Gasteiger partial charge in [-0.2, -0.15) is 4.98 Å². The molecule has 0 unspecified atom stereocenters. The lowest BCUT2D eigenvalue weighted by molar-refractivity contribution is 0.0521. The molecule has 2 rings (SSSR count). The summed E-state index contributed by atoms with van der Waals surface area (Å²) in [5, 5.41) is 0. The van der Waals surface area contributed by atoms with Gasteiger partial charge in [0.25, 0.3) is 0 Å². The molecule has 5 nitrogen and oxygen atoms in total. The Kier molecular flexibility index (Phi) is 3.32. The Labute approximate surface area is 105 Å². The molecule has 18 heavy (non-hydrogen) atoms. The fraction of sp³-hybridized carbons (Fsp3) is 0.231. The lowest BCUT2D eigenvalue weighted by Crippen LogP contribution is -2.07. The lowest BCUT2D eigenvalue weighted by atomic mass is 10.1. The average molecular weight is 246 g/mol. The first kappa shape index (κ1) is 12.2. The number of hydrogen-bond donors (Lipinski definition) is 1. The minimum atomic E-state index is -0.572. The first-order valence-corrected chi connectivity index (χ1v) is 5.62. The summed E-state index contributed by atoms with van der Waals surface area (Å²) >= 11 is 0. The number of nitrogens with zero attached hydrogens (tertiary/aromatic N) is 1. The molecule has 0 amide bonds. The number of benzene rings is 1. The van der Waals surface area contributed by atoms with Gasteiger partial charge >= 0.3 is 5.97 Å². The number of hydrogen-bond acceptors (Lipinski definition) is 5. The van der Waals surface area contributed by atoms with Crippen LogP contribution in [0.1, 0.15) is 23.0 Å². The van der Waals surface area contributed by atoms with Crippen LogP contribution in [0.15, 0.2) is 28.7 Å². The Hall–Kier alpha value is -2.30. The van der Waals surface area contributed by atoms with E-state index in [0.29, 0.717) is 5.89 Å². The van der Waals surface area contributed by atoms with Crippen molar-refractivity contribution in [1.82, 2.24) is 4.98 Å². The van der Waals surface area contributed by atoms with E-state index in [9.17, 15) is 4.79 Å². The van der Waals surface area contributed by atoms with Crippen molar-refractivity contribution in [2.24, 2.45) is 0 Å². The normalized spacial score (nSPS) is 10.3. The summed E-state index contributed by atoms with van der Waals surface area (Å²) in [6.45, 7) is 3.95. The molecule has 0 aliphatic carbocycles. The maximum Gasteiger partial charge on any atom is 0.362 e. The molecule has 0 aliphatic heterocycles. The van der Waals surface area contributed by atoms with E-state index < -0.39 is 5.97 Å². The first-order valence-electron chi connectivity index (χ1n) is 5.62. The number of anilines is 1. The molecule has 94 valence electrons. The van der Waals surface area contributed by atoms with Crippen molar-refractivity contribution in [3.63, 3.8) is 0 Å². The third kappa shape index (κ3) is 2.34. The van der Waals surface area contributed by atoms with Crippen LogP contribution in [0.5, 0.6) is 0 Å². The summed E-state index contributed by atoms with van der Waals surface area (Å²) < 4.78 is 10.1. The van der Waals surface area contributed by atoms with E-state index in [1.165, 1.54) is 0 Å². The predicted molar refractivity (Wildman–Crippen MR) is 67.0 cm³/mol. The van der Waals surface area contributed by atoms with Crippen molar-refractivity contribution in [2.75, 3.05) is 12.3 Å². The van der Waals surface area contributed by atoms with E-state index in [-0.39, 0.29) is 18.2 Å². The van der Waals surface area contributed by atoms with Crippen molar-refractivity contribution in [3.05, 3.63) is 35.5 Å². The largest absolute Gasteiger partial charge is 0.461 e. The second-order valence-electron chi connectivity index (χ2n) is 3.82. The monoisotopic (exact) mass is 246 g/mol. The molecule has 5 heteroatoms. The van der Waals surface area contributed by atoms with E-state index in [4.69, 9.17) is 14.9 Å². The van der Waals surface area contributed by atoms with Crippen LogP contribution >= 0.6 is 0 Å². The van der Waals surface area contributed by atoms with Gasteiger partial charge < -0.3 is 14.9 Å². The molecule has 1 aromatic heterocycles. The Morgan fingerprint density at radius 1 is 1.50 bits per heavy atom. The van der Waals surface area contributed by atoms with Crippen LogP contribution < -0.4 is 5.73 Å². The maximum absolute atomic E-state index is 11.6. The lowest BCUT2D eigenvalue weighted by Gasteiger charge is -1.96. The first-order chi connectivity index (χ1) is 8.61. The molecule has 2 N–H and O–H groups in total. The van der Waals surface area contributed by atoms with Crippen molar-refractivity contribution in [3.8, 4) is 11.5 Å². The van der Waals surface area contributed by atoms with E-state index in [2.05, 4.69) is 4.98 Å². The molecular weight excluding hydrogens is 232 g/mol. The molecule has 0 spiro atoms. The van der Waals surface area contributed by atoms with Crippen LogP contribution in [-0.2, 0) is 4.74 Å². The number of carbonyl (C=O) groups is 1. The zero-order valence-electron chi connectivity index (χ0n) is 10.3. The maximum atomic E-state index is 11.6. The summed E-state index contributed by atoms with van der Waals surface area (Å²) in [7, 11) is 0. The van der Waals surface area contributed by atoms with Crippen molar-refractivity contribution < 1.29 is 13.9 Å². The van der Waals surface area contributed by atoms with E-state index >= 15 is 0 Å². The zero-order chi connectivity index (χ0) is 13.1. The minimum absolute atomic E-state index is 0.0216. The molecule has 0 fully saturated rings. The number of ether oxygens (including phenoxy) is 1. The molecule has 2 aromatic rings. The van der Waals surface area contributed by atoms with Crippen LogP contribution in [0.4, 0.5) is 5.88 Å². The van der Waals surface area contributed by atoms with Crippen LogP contribution in [0, 0.1) is 6.92 Å². The molecule has 0 atom stereocenters. The third-order valence-corrected chi connectivity index (χ3v) is 2.39. The number of aryl methyl sites for hydroxylation is 1. The van der Waals surface area contributed by atoms with E-state index in [0.717, 1.165) is 11.1 Å². The van der Waals surface area contributed by atoms with Crippen molar-refractivity contribution >= 4 is 11.9 Å². The summed E-state index contributed by atoms with van der Waals surface area (Å²) in [4.78, 5) is 15.6. The zero-order valence-corrected chi connectivity index (χ0v) is 10.3. The average Bonchev–Trinajstić information content (AvgIpc) is 2.72. The highest BCUT2D eigenvalue weighted by Crippen LogP contribution is 2.24. The summed E-state index contributed by atoms with van der Waals surface area (Å²) in [6, 6.07) is 7.59. The van der Waals surface area contributed by atoms with Gasteiger partial charge in [0.1, 0.15) is 0 Å². The van der Waals surface area contributed by atoms with Crippen LogP contribution in [0.2, 0.25) is 0 Å². The minimum Gasteiger partial charge on any atom is -0.461 e. The number of aromatic nitrogens is 1. The van der Waals surface area contributed by atoms with Gasteiger partial charge in [0.2, 0.25) is 17.5 Å². The number of nitrogens with two attached hydrogens (primary N) is 1. The molecule has 0 aliphatic rings. The summed E-state index contributed by atoms with van der Waals surface area (Å²) in [6.07, 6.45) is 0. The smallest absolute Gasteiger partial charge is 0.362 e. The quantitative estimate of drug-likeness (QED) is 0.841. The SMILES string of the molecule is CCOC(=O)c1nc(-c2cccc(C)c2)oc1N. The second kappa shape index (κ2) is 4.91. The fourth-order valence-electron chi connectivity index (χ4n) is 1.58. The molecule has 0 saturated carbocycles. The Bertz CT molecular complexity index is 575. The molecule has 0 saturated heterocycles. The highest BCUT2D eigenvalue weighted by Gasteiger charge is 2.19. The van der Waals surface area contributed by atoms with Gasteiger partial charge in [0.05, 0.1) is 6.61 Å². The van der Waals surface area contributed by atoms with Crippen molar-refractivity contribution in [1.29, 1.82) is 0 Å². The molecule has 0 radical (unpaired) electrons. The number of carbonyl (C=O) groups excluding carboxylic acids is 1. The predicted octanol–water partition coefficient (Wildman–Crippen LogP) is 2.41. The summed E-state index contributed by atoms with van der Waals surface area (Å²) in [5.74, 6) is -0.276. The molecule has 1 aromatic carbocycles. The molecular formula is C13H14N2O3. The highest BCUT2D eigenvalue weighted by atomic mass is 16.5.